The number of nitrogens with zero attached hydrogens (tertiary/aromatic N) is 1. The number of rotatable bonds is 4. The van der Waals surface area contributed by atoms with Crippen molar-refractivity contribution in [3.05, 3.63) is 35.4 Å². The molecule has 2 nitrogen and oxygen atoms in total. The molecule has 2 N–H and O–H groups in total. The van der Waals surface area contributed by atoms with E-state index in [0.717, 1.165) is 12.3 Å². The van der Waals surface area contributed by atoms with E-state index >= 15 is 0 Å². The van der Waals surface area contributed by atoms with E-state index in [9.17, 15) is 0 Å². The molecule has 0 unspecified atom stereocenters. The average molecular weight is 260 g/mol. The van der Waals surface area contributed by atoms with Gasteiger partial charge in [-0.3, -0.25) is 0 Å². The molecule has 1 heterocycles. The molecule has 19 heavy (non-hydrogen) atoms. The van der Waals surface area contributed by atoms with Crippen LogP contribution in [0.15, 0.2) is 24.3 Å². The van der Waals surface area contributed by atoms with Crippen LogP contribution in [0.3, 0.4) is 0 Å². The Morgan fingerprint density at radius 2 is 1.84 bits per heavy atom. The molecule has 0 aromatic heterocycles. The van der Waals surface area contributed by atoms with E-state index in [-0.39, 0.29) is 5.54 Å². The van der Waals surface area contributed by atoms with Crippen LogP contribution in [-0.4, -0.2) is 30.1 Å². The van der Waals surface area contributed by atoms with Gasteiger partial charge in [-0.1, -0.05) is 31.2 Å². The molecular formula is C17H28N2. The minimum atomic E-state index is -0.125. The molecule has 0 radical (unpaired) electrons. The van der Waals surface area contributed by atoms with E-state index in [1.54, 1.807) is 0 Å². The van der Waals surface area contributed by atoms with Gasteiger partial charge in [-0.2, -0.15) is 0 Å². The summed E-state index contributed by atoms with van der Waals surface area (Å²) in [5.74, 6) is 0.723. The molecule has 2 heteroatoms. The lowest BCUT2D eigenvalue weighted by Gasteiger charge is -2.33. The number of benzene rings is 1. The molecule has 1 aliphatic rings. The Kier molecular flexibility index (Phi) is 4.64. The molecule has 0 atom stereocenters. The lowest BCUT2D eigenvalue weighted by atomic mass is 9.83. The SMILES string of the molecule is CCN1CCC(c2ccccc2CC(C)(C)N)CC1. The summed E-state index contributed by atoms with van der Waals surface area (Å²) in [5, 5.41) is 0. The molecule has 1 aliphatic heterocycles. The molecule has 0 spiro atoms. The first kappa shape index (κ1) is 14.5. The van der Waals surface area contributed by atoms with Gasteiger partial charge in [0.05, 0.1) is 0 Å². The monoisotopic (exact) mass is 260 g/mol. The van der Waals surface area contributed by atoms with Crippen molar-refractivity contribution in [1.82, 2.24) is 4.90 Å². The van der Waals surface area contributed by atoms with Crippen molar-refractivity contribution in [3.63, 3.8) is 0 Å². The fraction of sp³-hybridized carbons (Fsp3) is 0.647. The van der Waals surface area contributed by atoms with Gasteiger partial charge in [-0.25, -0.2) is 0 Å². The van der Waals surface area contributed by atoms with Crippen molar-refractivity contribution in [3.8, 4) is 0 Å². The summed E-state index contributed by atoms with van der Waals surface area (Å²) in [6.07, 6.45) is 3.54. The molecule has 0 amide bonds. The Bertz CT molecular complexity index is 398. The van der Waals surface area contributed by atoms with Crippen molar-refractivity contribution in [2.45, 2.75) is 51.5 Å². The number of piperidine rings is 1. The van der Waals surface area contributed by atoms with Crippen LogP contribution in [0.4, 0.5) is 0 Å². The maximum absolute atomic E-state index is 6.20. The van der Waals surface area contributed by atoms with Crippen LogP contribution in [0, 0.1) is 0 Å². The summed E-state index contributed by atoms with van der Waals surface area (Å²) < 4.78 is 0. The Balaban J connectivity index is 2.12. The average Bonchev–Trinajstić information content (AvgIpc) is 2.38. The first-order valence-corrected chi connectivity index (χ1v) is 7.58. The van der Waals surface area contributed by atoms with Gasteiger partial charge in [0, 0.05) is 5.54 Å². The third-order valence-electron chi connectivity index (χ3n) is 4.18. The highest BCUT2D eigenvalue weighted by atomic mass is 15.1. The van der Waals surface area contributed by atoms with Crippen LogP contribution < -0.4 is 5.73 Å². The van der Waals surface area contributed by atoms with Gasteiger partial charge in [-0.05, 0) is 69.8 Å². The van der Waals surface area contributed by atoms with Gasteiger partial charge in [0.2, 0.25) is 0 Å². The van der Waals surface area contributed by atoms with Crippen molar-refractivity contribution in [2.24, 2.45) is 5.73 Å². The lowest BCUT2D eigenvalue weighted by Crippen LogP contribution is -2.36. The van der Waals surface area contributed by atoms with Gasteiger partial charge in [-0.15, -0.1) is 0 Å². The van der Waals surface area contributed by atoms with Crippen molar-refractivity contribution in [1.29, 1.82) is 0 Å². The first-order chi connectivity index (χ1) is 8.99. The Hall–Kier alpha value is -0.860. The summed E-state index contributed by atoms with van der Waals surface area (Å²) in [6, 6.07) is 8.89. The fourth-order valence-corrected chi connectivity index (χ4v) is 3.14. The van der Waals surface area contributed by atoms with Crippen molar-refractivity contribution in [2.75, 3.05) is 19.6 Å². The Morgan fingerprint density at radius 1 is 1.21 bits per heavy atom. The second kappa shape index (κ2) is 6.06. The van der Waals surface area contributed by atoms with E-state index in [1.165, 1.54) is 43.6 Å². The third-order valence-corrected chi connectivity index (χ3v) is 4.18. The number of hydrogen-bond acceptors (Lipinski definition) is 2. The number of likely N-dealkylation sites (tertiary alicyclic amines) is 1. The maximum Gasteiger partial charge on any atom is 0.0138 e. The quantitative estimate of drug-likeness (QED) is 0.901. The summed E-state index contributed by atoms with van der Waals surface area (Å²) in [5.41, 5.74) is 9.06. The lowest BCUT2D eigenvalue weighted by molar-refractivity contribution is 0.222. The van der Waals surface area contributed by atoms with Gasteiger partial charge < -0.3 is 10.6 Å². The predicted molar refractivity (Wildman–Crippen MR) is 82.5 cm³/mol. The molecular weight excluding hydrogens is 232 g/mol. The van der Waals surface area contributed by atoms with Gasteiger partial charge in [0.15, 0.2) is 0 Å². The molecule has 2 rings (SSSR count). The maximum atomic E-state index is 6.20. The zero-order valence-corrected chi connectivity index (χ0v) is 12.7. The third kappa shape index (κ3) is 4.05. The van der Waals surface area contributed by atoms with E-state index < -0.39 is 0 Å². The van der Waals surface area contributed by atoms with Crippen LogP contribution in [0.5, 0.6) is 0 Å². The highest BCUT2D eigenvalue weighted by Gasteiger charge is 2.23. The number of nitrogens with two attached hydrogens (primary N) is 1. The van der Waals surface area contributed by atoms with E-state index in [4.69, 9.17) is 5.73 Å². The number of hydrogen-bond donors (Lipinski definition) is 1. The topological polar surface area (TPSA) is 29.3 Å². The van der Waals surface area contributed by atoms with Gasteiger partial charge in [0.1, 0.15) is 0 Å². The van der Waals surface area contributed by atoms with Crippen LogP contribution in [0.1, 0.15) is 50.7 Å². The largest absolute Gasteiger partial charge is 0.325 e. The second-order valence-corrected chi connectivity index (χ2v) is 6.57. The smallest absolute Gasteiger partial charge is 0.0138 e. The zero-order valence-electron chi connectivity index (χ0n) is 12.7. The van der Waals surface area contributed by atoms with Crippen LogP contribution in [0.25, 0.3) is 0 Å². The van der Waals surface area contributed by atoms with E-state index in [0.29, 0.717) is 0 Å². The standard InChI is InChI=1S/C17H28N2/c1-4-19-11-9-14(10-12-19)16-8-6-5-7-15(16)13-17(2,3)18/h5-8,14H,4,9-13,18H2,1-3H3. The molecule has 0 bridgehead atoms. The minimum Gasteiger partial charge on any atom is -0.325 e. The van der Waals surface area contributed by atoms with E-state index in [1.807, 2.05) is 0 Å². The minimum absolute atomic E-state index is 0.125. The first-order valence-electron chi connectivity index (χ1n) is 7.58. The van der Waals surface area contributed by atoms with Gasteiger partial charge in [0.25, 0.3) is 0 Å². The molecule has 1 fully saturated rings. The summed E-state index contributed by atoms with van der Waals surface area (Å²) in [7, 11) is 0. The van der Waals surface area contributed by atoms with E-state index in [2.05, 4.69) is 49.9 Å². The summed E-state index contributed by atoms with van der Waals surface area (Å²) in [4.78, 5) is 2.55. The molecule has 106 valence electrons. The Labute approximate surface area is 118 Å². The van der Waals surface area contributed by atoms with Crippen LogP contribution in [-0.2, 0) is 6.42 Å². The highest BCUT2D eigenvalue weighted by Crippen LogP contribution is 2.31. The summed E-state index contributed by atoms with van der Waals surface area (Å²) >= 11 is 0. The van der Waals surface area contributed by atoms with Crippen LogP contribution in [0.2, 0.25) is 0 Å². The van der Waals surface area contributed by atoms with Crippen molar-refractivity contribution >= 4 is 0 Å². The fourth-order valence-electron chi connectivity index (χ4n) is 3.14. The van der Waals surface area contributed by atoms with Crippen LogP contribution >= 0.6 is 0 Å². The zero-order chi connectivity index (χ0) is 13.9. The molecule has 0 aliphatic carbocycles. The molecule has 1 aromatic carbocycles. The Morgan fingerprint density at radius 3 is 2.42 bits per heavy atom. The van der Waals surface area contributed by atoms with Crippen molar-refractivity contribution < 1.29 is 0 Å². The molecule has 0 saturated carbocycles. The predicted octanol–water partition coefficient (Wildman–Crippen LogP) is 3.17. The molecule has 1 aromatic rings. The normalized spacial score (nSPS) is 18.7. The van der Waals surface area contributed by atoms with Gasteiger partial charge >= 0.3 is 0 Å². The highest BCUT2D eigenvalue weighted by molar-refractivity contribution is 5.32. The molecule has 1 saturated heterocycles. The second-order valence-electron chi connectivity index (χ2n) is 6.57. The summed E-state index contributed by atoms with van der Waals surface area (Å²) in [6.45, 7) is 10.1.